The molecule has 3 heterocycles. The molecule has 28 heavy (non-hydrogen) atoms. The number of aliphatic carboxylic acids is 1. The summed E-state index contributed by atoms with van der Waals surface area (Å²) in [5.74, 6) is -0.700. The van der Waals surface area contributed by atoms with Crippen LogP contribution in [0.3, 0.4) is 0 Å². The zero-order valence-corrected chi connectivity index (χ0v) is 15.0. The molecule has 1 aromatic heterocycles. The molecule has 3 aromatic rings. The lowest BCUT2D eigenvalue weighted by Gasteiger charge is -2.35. The minimum absolute atomic E-state index is 0.0626. The van der Waals surface area contributed by atoms with Gasteiger partial charge in [0.25, 0.3) is 5.91 Å². The van der Waals surface area contributed by atoms with Gasteiger partial charge < -0.3 is 14.7 Å². The first-order valence-electron chi connectivity index (χ1n) is 9.18. The second-order valence-corrected chi connectivity index (χ2v) is 7.44. The molecule has 0 aliphatic carbocycles. The summed E-state index contributed by atoms with van der Waals surface area (Å²) in [6.45, 7) is 0.541. The van der Waals surface area contributed by atoms with Crippen LogP contribution in [0.4, 0.5) is 0 Å². The number of carboxylic acid groups (broad SMARTS) is 1. The Bertz CT molecular complexity index is 1110. The van der Waals surface area contributed by atoms with Crippen LogP contribution in [0, 0.1) is 5.41 Å². The number of hydrogen-bond donors (Lipinski definition) is 1. The normalized spacial score (nSPS) is 23.0. The van der Waals surface area contributed by atoms with Gasteiger partial charge in [-0.1, -0.05) is 30.3 Å². The number of ether oxygens (including phenoxy) is 1. The molecular weight excluding hydrogens is 356 g/mol. The van der Waals surface area contributed by atoms with Crippen molar-refractivity contribution in [1.29, 1.82) is 0 Å². The van der Waals surface area contributed by atoms with E-state index < -0.39 is 11.4 Å². The summed E-state index contributed by atoms with van der Waals surface area (Å²) in [6.07, 6.45) is 1.69. The number of carbonyl (C=O) groups excluding carboxylic acids is 1. The number of hydrogen-bond acceptors (Lipinski definition) is 4. The van der Waals surface area contributed by atoms with Gasteiger partial charge in [-0.05, 0) is 24.3 Å². The summed E-state index contributed by atoms with van der Waals surface area (Å²) in [4.78, 5) is 31.3. The van der Waals surface area contributed by atoms with E-state index in [1.165, 1.54) is 0 Å². The van der Waals surface area contributed by atoms with Crippen LogP contribution in [0.25, 0.3) is 10.9 Å². The third-order valence-electron chi connectivity index (χ3n) is 5.89. The van der Waals surface area contributed by atoms with E-state index in [4.69, 9.17) is 4.74 Å². The average molecular weight is 374 g/mol. The van der Waals surface area contributed by atoms with E-state index in [0.29, 0.717) is 17.9 Å². The first kappa shape index (κ1) is 16.7. The number of pyridine rings is 1. The predicted molar refractivity (Wildman–Crippen MR) is 102 cm³/mol. The van der Waals surface area contributed by atoms with E-state index >= 15 is 0 Å². The van der Waals surface area contributed by atoms with Crippen LogP contribution in [0.5, 0.6) is 5.75 Å². The number of para-hydroxylation sites is 1. The second kappa shape index (κ2) is 6.05. The molecule has 140 valence electrons. The van der Waals surface area contributed by atoms with Crippen molar-refractivity contribution in [1.82, 2.24) is 9.88 Å². The third-order valence-corrected chi connectivity index (χ3v) is 5.89. The van der Waals surface area contributed by atoms with Crippen molar-refractivity contribution in [3.05, 3.63) is 71.9 Å². The van der Waals surface area contributed by atoms with Crippen LogP contribution in [0.2, 0.25) is 0 Å². The molecule has 1 saturated heterocycles. The van der Waals surface area contributed by atoms with E-state index in [0.717, 1.165) is 16.5 Å². The number of rotatable bonds is 2. The lowest BCUT2D eigenvalue weighted by molar-refractivity contribution is -0.151. The first-order valence-corrected chi connectivity index (χ1v) is 9.18. The molecule has 2 aliphatic rings. The quantitative estimate of drug-likeness (QED) is 0.746. The third kappa shape index (κ3) is 2.37. The molecule has 1 fully saturated rings. The van der Waals surface area contributed by atoms with Crippen LogP contribution in [0.1, 0.15) is 21.8 Å². The molecule has 1 amide bonds. The van der Waals surface area contributed by atoms with Crippen LogP contribution >= 0.6 is 0 Å². The Labute approximate surface area is 161 Å². The van der Waals surface area contributed by atoms with Crippen molar-refractivity contribution in [2.75, 3.05) is 19.7 Å². The first-order chi connectivity index (χ1) is 13.6. The molecule has 6 heteroatoms. The van der Waals surface area contributed by atoms with Crippen LogP contribution < -0.4 is 4.74 Å². The Morgan fingerprint density at radius 3 is 2.86 bits per heavy atom. The number of amides is 1. The molecule has 5 rings (SSSR count). The van der Waals surface area contributed by atoms with Gasteiger partial charge in [-0.2, -0.15) is 0 Å². The smallest absolute Gasteiger partial charge is 0.315 e. The van der Waals surface area contributed by atoms with E-state index in [1.807, 2.05) is 42.5 Å². The van der Waals surface area contributed by atoms with Crippen molar-refractivity contribution in [3.63, 3.8) is 0 Å². The Morgan fingerprint density at radius 2 is 2.00 bits per heavy atom. The van der Waals surface area contributed by atoms with Gasteiger partial charge in [0.05, 0.1) is 5.52 Å². The summed E-state index contributed by atoms with van der Waals surface area (Å²) in [6, 6.07) is 16.7. The number of carbonyl (C=O) groups is 2. The summed E-state index contributed by atoms with van der Waals surface area (Å²) >= 11 is 0. The zero-order chi connectivity index (χ0) is 19.3. The van der Waals surface area contributed by atoms with Crippen LogP contribution in [-0.2, 0) is 4.79 Å². The molecule has 6 nitrogen and oxygen atoms in total. The minimum atomic E-state index is -1.13. The van der Waals surface area contributed by atoms with Gasteiger partial charge in [0, 0.05) is 41.7 Å². The van der Waals surface area contributed by atoms with Gasteiger partial charge >= 0.3 is 5.97 Å². The monoisotopic (exact) mass is 374 g/mol. The van der Waals surface area contributed by atoms with Gasteiger partial charge in [0.1, 0.15) is 17.8 Å². The Hall–Kier alpha value is -3.41. The zero-order valence-electron chi connectivity index (χ0n) is 15.0. The molecule has 0 spiro atoms. The fourth-order valence-corrected chi connectivity index (χ4v) is 4.37. The Balaban J connectivity index is 1.52. The number of likely N-dealkylation sites (tertiary alicyclic amines) is 1. The molecule has 2 aliphatic heterocycles. The van der Waals surface area contributed by atoms with Crippen molar-refractivity contribution in [3.8, 4) is 5.75 Å². The topological polar surface area (TPSA) is 79.7 Å². The number of benzene rings is 2. The predicted octanol–water partition coefficient (Wildman–Crippen LogP) is 2.94. The highest BCUT2D eigenvalue weighted by Crippen LogP contribution is 2.49. The van der Waals surface area contributed by atoms with Crippen molar-refractivity contribution >= 4 is 22.8 Å². The molecule has 1 unspecified atom stereocenters. The molecule has 2 atom stereocenters. The molecule has 1 N–H and O–H groups in total. The highest BCUT2D eigenvalue weighted by Gasteiger charge is 2.57. The number of aromatic nitrogens is 1. The molecule has 0 radical (unpaired) electrons. The molecular formula is C22H18N2O4. The summed E-state index contributed by atoms with van der Waals surface area (Å²) in [7, 11) is 0. The van der Waals surface area contributed by atoms with Crippen molar-refractivity contribution in [2.24, 2.45) is 5.41 Å². The number of nitrogens with zero attached hydrogens (tertiary/aromatic N) is 2. The summed E-state index contributed by atoms with van der Waals surface area (Å²) < 4.78 is 5.76. The largest absolute Gasteiger partial charge is 0.492 e. The fourth-order valence-electron chi connectivity index (χ4n) is 4.37. The summed E-state index contributed by atoms with van der Waals surface area (Å²) in [5, 5.41) is 11.0. The van der Waals surface area contributed by atoms with Gasteiger partial charge in [0.15, 0.2) is 0 Å². The summed E-state index contributed by atoms with van der Waals surface area (Å²) in [5.41, 5.74) is 0.983. The lowest BCUT2D eigenvalue weighted by atomic mass is 9.73. The molecule has 0 bridgehead atoms. The fraction of sp³-hybridized carbons (Fsp3) is 0.227. The van der Waals surface area contributed by atoms with Gasteiger partial charge in [-0.3, -0.25) is 14.6 Å². The number of carboxylic acids is 1. The van der Waals surface area contributed by atoms with E-state index in [-0.39, 0.29) is 25.0 Å². The van der Waals surface area contributed by atoms with Crippen molar-refractivity contribution < 1.29 is 19.4 Å². The molecule has 2 aromatic carbocycles. The number of fused-ring (bicyclic) bond motifs is 4. The maximum absolute atomic E-state index is 13.2. The standard InChI is InChI=1S/C22H18N2O4/c25-20(15-8-7-14-4-3-9-23-18(14)10-15)24-11-17-16-5-1-2-6-19(16)28-13-22(17,12-24)21(26)27/h1-10,17H,11-13H2,(H,26,27)/t17?,22-/m1/s1. The Morgan fingerprint density at radius 1 is 1.14 bits per heavy atom. The van der Waals surface area contributed by atoms with Gasteiger partial charge in [0.2, 0.25) is 0 Å². The Kier molecular flexibility index (Phi) is 3.62. The highest BCUT2D eigenvalue weighted by atomic mass is 16.5. The van der Waals surface area contributed by atoms with Crippen molar-refractivity contribution in [2.45, 2.75) is 5.92 Å². The lowest BCUT2D eigenvalue weighted by Crippen LogP contribution is -2.46. The van der Waals surface area contributed by atoms with E-state index in [2.05, 4.69) is 4.98 Å². The second-order valence-electron chi connectivity index (χ2n) is 7.44. The minimum Gasteiger partial charge on any atom is -0.492 e. The SMILES string of the molecule is O=C(c1ccc2cccnc2c1)N1CC2c3ccccc3OC[C@]2(C(=O)O)C1. The van der Waals surface area contributed by atoms with Gasteiger partial charge in [-0.25, -0.2) is 0 Å². The highest BCUT2D eigenvalue weighted by molar-refractivity contribution is 5.98. The van der Waals surface area contributed by atoms with E-state index in [1.54, 1.807) is 23.2 Å². The van der Waals surface area contributed by atoms with E-state index in [9.17, 15) is 14.7 Å². The van der Waals surface area contributed by atoms with Crippen LogP contribution in [0.15, 0.2) is 60.8 Å². The van der Waals surface area contributed by atoms with Gasteiger partial charge in [-0.15, -0.1) is 0 Å². The average Bonchev–Trinajstić information content (AvgIpc) is 3.15. The maximum Gasteiger partial charge on any atom is 0.315 e. The maximum atomic E-state index is 13.2. The molecule has 0 saturated carbocycles. The van der Waals surface area contributed by atoms with Crippen LogP contribution in [-0.4, -0.2) is 46.6 Å².